The molecule has 6 heteroatoms. The van der Waals surface area contributed by atoms with Crippen LogP contribution in [0.2, 0.25) is 0 Å². The maximum atomic E-state index is 11.9. The Hall–Kier alpha value is -3.15. The Balaban J connectivity index is 1.49. The molecule has 3 N–H and O–H groups in total. The minimum Gasteiger partial charge on any atom is -0.508 e. The summed E-state index contributed by atoms with van der Waals surface area (Å²) in [5.74, 6) is 1.31. The highest BCUT2D eigenvalue weighted by atomic mass is 16.5. The average Bonchev–Trinajstić information content (AvgIpc) is 3.03. The van der Waals surface area contributed by atoms with Crippen molar-refractivity contribution >= 4 is 16.8 Å². The zero-order valence-electron chi connectivity index (χ0n) is 13.9. The van der Waals surface area contributed by atoms with E-state index in [9.17, 15) is 9.90 Å². The van der Waals surface area contributed by atoms with Gasteiger partial charge in [-0.25, -0.2) is 0 Å². The number of carbonyl (C=O) groups is 1. The molecule has 3 aromatic rings. The number of H-pyrrole nitrogens is 1. The van der Waals surface area contributed by atoms with Crippen LogP contribution in [0.4, 0.5) is 0 Å². The molecule has 1 aromatic heterocycles. The first-order chi connectivity index (χ1) is 12.2. The Bertz CT molecular complexity index is 855. The van der Waals surface area contributed by atoms with E-state index < -0.39 is 0 Å². The van der Waals surface area contributed by atoms with E-state index in [2.05, 4.69) is 10.3 Å². The molecule has 0 saturated heterocycles. The third-order valence-electron chi connectivity index (χ3n) is 3.90. The van der Waals surface area contributed by atoms with Crippen LogP contribution in [0.3, 0.4) is 0 Å². The standard InChI is InChI=1S/C19H20N2O4/c1-24-16-6-7-18-17(10-16)13(11-21-18)8-9-20-19(23)12-25-15-4-2-14(22)3-5-15/h2-7,10-11,21-22H,8-9,12H2,1H3,(H,20,23). The van der Waals surface area contributed by atoms with Crippen molar-refractivity contribution in [3.05, 3.63) is 54.2 Å². The van der Waals surface area contributed by atoms with Crippen LogP contribution in [0.15, 0.2) is 48.7 Å². The van der Waals surface area contributed by atoms with Crippen molar-refractivity contribution in [2.24, 2.45) is 0 Å². The van der Waals surface area contributed by atoms with Gasteiger partial charge in [-0.15, -0.1) is 0 Å². The fourth-order valence-electron chi connectivity index (χ4n) is 2.57. The Morgan fingerprint density at radius 3 is 2.68 bits per heavy atom. The van der Waals surface area contributed by atoms with Gasteiger partial charge in [-0.3, -0.25) is 4.79 Å². The van der Waals surface area contributed by atoms with Crippen LogP contribution in [0.1, 0.15) is 5.56 Å². The smallest absolute Gasteiger partial charge is 0.257 e. The summed E-state index contributed by atoms with van der Waals surface area (Å²) >= 11 is 0. The van der Waals surface area contributed by atoms with Crippen molar-refractivity contribution < 1.29 is 19.4 Å². The van der Waals surface area contributed by atoms with Gasteiger partial charge in [0.1, 0.15) is 17.2 Å². The molecule has 0 unspecified atom stereocenters. The van der Waals surface area contributed by atoms with Crippen molar-refractivity contribution in [1.29, 1.82) is 0 Å². The molecule has 25 heavy (non-hydrogen) atoms. The molecule has 0 aliphatic carbocycles. The van der Waals surface area contributed by atoms with Gasteiger partial charge in [0.25, 0.3) is 5.91 Å². The molecule has 2 aromatic carbocycles. The van der Waals surface area contributed by atoms with E-state index in [1.165, 1.54) is 12.1 Å². The fourth-order valence-corrected chi connectivity index (χ4v) is 2.57. The second kappa shape index (κ2) is 7.61. The molecule has 1 amide bonds. The summed E-state index contributed by atoms with van der Waals surface area (Å²) in [6.07, 6.45) is 2.65. The fraction of sp³-hybridized carbons (Fsp3) is 0.211. The first-order valence-corrected chi connectivity index (χ1v) is 7.98. The van der Waals surface area contributed by atoms with Gasteiger partial charge in [0.2, 0.25) is 0 Å². The first kappa shape index (κ1) is 16.7. The maximum Gasteiger partial charge on any atom is 0.257 e. The number of aromatic hydroxyl groups is 1. The summed E-state index contributed by atoms with van der Waals surface area (Å²) in [4.78, 5) is 15.1. The topological polar surface area (TPSA) is 83.6 Å². The third-order valence-corrected chi connectivity index (χ3v) is 3.90. The Morgan fingerprint density at radius 1 is 1.16 bits per heavy atom. The summed E-state index contributed by atoms with van der Waals surface area (Å²) in [6.45, 7) is 0.453. The summed E-state index contributed by atoms with van der Waals surface area (Å²) in [5.41, 5.74) is 2.16. The number of hydrogen-bond acceptors (Lipinski definition) is 4. The van der Waals surface area contributed by atoms with Gasteiger partial charge < -0.3 is 24.9 Å². The van der Waals surface area contributed by atoms with Crippen molar-refractivity contribution in [2.75, 3.05) is 20.3 Å². The zero-order valence-corrected chi connectivity index (χ0v) is 13.9. The Kier molecular flexibility index (Phi) is 5.09. The molecular formula is C19H20N2O4. The number of hydrogen-bond donors (Lipinski definition) is 3. The molecule has 130 valence electrons. The predicted molar refractivity (Wildman–Crippen MR) is 95.2 cm³/mol. The van der Waals surface area contributed by atoms with Gasteiger partial charge in [-0.2, -0.15) is 0 Å². The number of ether oxygens (including phenoxy) is 2. The van der Waals surface area contributed by atoms with Crippen LogP contribution < -0.4 is 14.8 Å². The molecule has 0 bridgehead atoms. The number of benzene rings is 2. The summed E-state index contributed by atoms with van der Waals surface area (Å²) < 4.78 is 10.6. The molecular weight excluding hydrogens is 320 g/mol. The van der Waals surface area contributed by atoms with E-state index in [0.29, 0.717) is 18.7 Å². The quantitative estimate of drug-likeness (QED) is 0.617. The molecule has 3 rings (SSSR count). The van der Waals surface area contributed by atoms with Crippen LogP contribution in [0, 0.1) is 0 Å². The molecule has 1 heterocycles. The van der Waals surface area contributed by atoms with E-state index in [-0.39, 0.29) is 18.3 Å². The first-order valence-electron chi connectivity index (χ1n) is 7.98. The monoisotopic (exact) mass is 340 g/mol. The molecule has 0 atom stereocenters. The Labute approximate surface area is 145 Å². The number of phenols is 1. The third kappa shape index (κ3) is 4.23. The number of aromatic nitrogens is 1. The SMILES string of the molecule is COc1ccc2[nH]cc(CCNC(=O)COc3ccc(O)cc3)c2c1. The number of fused-ring (bicyclic) bond motifs is 1. The number of carbonyl (C=O) groups excluding carboxylic acids is 1. The lowest BCUT2D eigenvalue weighted by atomic mass is 10.1. The van der Waals surface area contributed by atoms with Crippen LogP contribution in [0.5, 0.6) is 17.2 Å². The van der Waals surface area contributed by atoms with E-state index in [1.807, 2.05) is 24.4 Å². The molecule has 0 aliphatic heterocycles. The average molecular weight is 340 g/mol. The molecule has 6 nitrogen and oxygen atoms in total. The predicted octanol–water partition coefficient (Wildman–Crippen LogP) is 2.62. The van der Waals surface area contributed by atoms with Crippen LogP contribution in [-0.4, -0.2) is 36.3 Å². The Morgan fingerprint density at radius 2 is 1.92 bits per heavy atom. The normalized spacial score (nSPS) is 10.6. The van der Waals surface area contributed by atoms with Crippen LogP contribution >= 0.6 is 0 Å². The van der Waals surface area contributed by atoms with Gasteiger partial charge in [0.05, 0.1) is 7.11 Å². The molecule has 0 spiro atoms. The molecule has 0 radical (unpaired) electrons. The second-order valence-electron chi connectivity index (χ2n) is 5.61. The van der Waals surface area contributed by atoms with Crippen molar-refractivity contribution in [3.63, 3.8) is 0 Å². The number of amides is 1. The highest BCUT2D eigenvalue weighted by Crippen LogP contribution is 2.23. The van der Waals surface area contributed by atoms with Gasteiger partial charge in [-0.05, 0) is 54.4 Å². The van der Waals surface area contributed by atoms with Crippen molar-refractivity contribution in [1.82, 2.24) is 10.3 Å². The maximum absolute atomic E-state index is 11.9. The minimum absolute atomic E-state index is 0.0630. The van der Waals surface area contributed by atoms with Crippen LogP contribution in [-0.2, 0) is 11.2 Å². The van der Waals surface area contributed by atoms with E-state index in [4.69, 9.17) is 9.47 Å². The number of methoxy groups -OCH3 is 1. The van der Waals surface area contributed by atoms with Gasteiger partial charge in [-0.1, -0.05) is 0 Å². The highest BCUT2D eigenvalue weighted by Gasteiger charge is 2.07. The van der Waals surface area contributed by atoms with Gasteiger partial charge >= 0.3 is 0 Å². The van der Waals surface area contributed by atoms with E-state index in [0.717, 1.165) is 22.2 Å². The van der Waals surface area contributed by atoms with Gasteiger partial charge in [0, 0.05) is 23.6 Å². The highest BCUT2D eigenvalue weighted by molar-refractivity contribution is 5.84. The second-order valence-corrected chi connectivity index (χ2v) is 5.61. The summed E-state index contributed by atoms with van der Waals surface area (Å²) in [7, 11) is 1.64. The lowest BCUT2D eigenvalue weighted by Crippen LogP contribution is -2.30. The number of aromatic amines is 1. The molecule has 0 fully saturated rings. The number of phenolic OH excluding ortho intramolecular Hbond substituents is 1. The van der Waals surface area contributed by atoms with E-state index >= 15 is 0 Å². The van der Waals surface area contributed by atoms with Crippen molar-refractivity contribution in [3.8, 4) is 17.2 Å². The van der Waals surface area contributed by atoms with E-state index in [1.54, 1.807) is 19.2 Å². The summed E-state index contributed by atoms with van der Waals surface area (Å²) in [5, 5.41) is 13.1. The number of nitrogens with one attached hydrogen (secondary N) is 2. The molecule has 0 saturated carbocycles. The largest absolute Gasteiger partial charge is 0.508 e. The van der Waals surface area contributed by atoms with Crippen molar-refractivity contribution in [2.45, 2.75) is 6.42 Å². The lowest BCUT2D eigenvalue weighted by Gasteiger charge is -2.07. The molecule has 0 aliphatic rings. The number of rotatable bonds is 7. The zero-order chi connectivity index (χ0) is 17.6. The summed E-state index contributed by atoms with van der Waals surface area (Å²) in [6, 6.07) is 12.1. The minimum atomic E-state index is -0.189. The van der Waals surface area contributed by atoms with Crippen LogP contribution in [0.25, 0.3) is 10.9 Å². The lowest BCUT2D eigenvalue weighted by molar-refractivity contribution is -0.123. The van der Waals surface area contributed by atoms with Gasteiger partial charge in [0.15, 0.2) is 6.61 Å².